The number of morpholine rings is 1. The fourth-order valence-electron chi connectivity index (χ4n) is 4.69. The van der Waals surface area contributed by atoms with E-state index in [-0.39, 0.29) is 23.7 Å². The summed E-state index contributed by atoms with van der Waals surface area (Å²) in [5.74, 6) is -0.427. The molecule has 0 spiro atoms. The van der Waals surface area contributed by atoms with Crippen molar-refractivity contribution in [2.45, 2.75) is 46.5 Å². The molecule has 0 bridgehead atoms. The van der Waals surface area contributed by atoms with Crippen LogP contribution in [0.3, 0.4) is 0 Å². The number of aromatic amines is 1. The third-order valence-corrected chi connectivity index (χ3v) is 6.64. The minimum atomic E-state index is -0.366. The van der Waals surface area contributed by atoms with Crippen LogP contribution in [-0.2, 0) is 25.5 Å². The largest absolute Gasteiger partial charge is 0.461 e. The maximum atomic E-state index is 12.9. The van der Waals surface area contributed by atoms with Crippen molar-refractivity contribution in [2.24, 2.45) is 5.92 Å². The Morgan fingerprint density at radius 2 is 1.94 bits per heavy atom. The average molecular weight is 463 g/mol. The Balaban J connectivity index is 1.46. The number of nitrogens with zero attached hydrogens (tertiary/aromatic N) is 2. The average Bonchev–Trinajstić information content (AvgIpc) is 3.11. The number of nitrogens with one attached hydrogen (secondary N) is 2. The molecule has 2 amide bonds. The van der Waals surface area contributed by atoms with E-state index in [0.717, 1.165) is 62.5 Å². The third kappa shape index (κ3) is 6.80. The van der Waals surface area contributed by atoms with Crippen molar-refractivity contribution in [1.82, 2.24) is 20.1 Å². The van der Waals surface area contributed by atoms with Gasteiger partial charge in [-0.05, 0) is 51.2 Å². The van der Waals surface area contributed by atoms with Crippen molar-refractivity contribution in [1.29, 1.82) is 0 Å². The van der Waals surface area contributed by atoms with Crippen LogP contribution < -0.4 is 5.32 Å². The number of carbonyl (C=O) groups is 3. The van der Waals surface area contributed by atoms with E-state index >= 15 is 0 Å². The number of aryl methyl sites for hydroxylation is 1. The van der Waals surface area contributed by atoms with E-state index in [2.05, 4.69) is 15.2 Å². The molecule has 2 aliphatic rings. The Morgan fingerprint density at radius 1 is 1.18 bits per heavy atom. The van der Waals surface area contributed by atoms with Gasteiger partial charge in [0.25, 0.3) is 0 Å². The molecule has 33 heavy (non-hydrogen) atoms. The molecule has 0 unspecified atom stereocenters. The van der Waals surface area contributed by atoms with Gasteiger partial charge in [-0.15, -0.1) is 0 Å². The van der Waals surface area contributed by atoms with E-state index in [4.69, 9.17) is 9.47 Å². The fraction of sp³-hybridized carbons (Fsp3) is 0.708. The Kier molecular flexibility index (Phi) is 9.31. The van der Waals surface area contributed by atoms with Crippen molar-refractivity contribution >= 4 is 17.8 Å². The highest BCUT2D eigenvalue weighted by molar-refractivity contribution is 5.90. The van der Waals surface area contributed by atoms with Gasteiger partial charge in [-0.2, -0.15) is 0 Å². The number of rotatable bonds is 9. The van der Waals surface area contributed by atoms with Gasteiger partial charge in [-0.3, -0.25) is 14.5 Å². The van der Waals surface area contributed by atoms with Gasteiger partial charge in [0, 0.05) is 51.4 Å². The zero-order chi connectivity index (χ0) is 23.8. The second-order valence-electron chi connectivity index (χ2n) is 8.87. The van der Waals surface area contributed by atoms with Gasteiger partial charge >= 0.3 is 5.97 Å². The van der Waals surface area contributed by atoms with Crippen molar-refractivity contribution in [2.75, 3.05) is 59.1 Å². The van der Waals surface area contributed by atoms with Gasteiger partial charge in [0.1, 0.15) is 5.69 Å². The Hall–Kier alpha value is -2.39. The number of ether oxygens (including phenoxy) is 2. The number of likely N-dealkylation sites (tertiary alicyclic amines) is 1. The lowest BCUT2D eigenvalue weighted by Crippen LogP contribution is -2.47. The first-order valence-corrected chi connectivity index (χ1v) is 12.1. The van der Waals surface area contributed by atoms with Crippen molar-refractivity contribution in [3.63, 3.8) is 0 Å². The zero-order valence-electron chi connectivity index (χ0n) is 20.2. The lowest BCUT2D eigenvalue weighted by Gasteiger charge is -2.32. The van der Waals surface area contributed by atoms with Crippen LogP contribution in [0.2, 0.25) is 0 Å². The summed E-state index contributed by atoms with van der Waals surface area (Å²) >= 11 is 0. The predicted octanol–water partition coefficient (Wildman–Crippen LogP) is 1.43. The monoisotopic (exact) mass is 462 g/mol. The smallest absolute Gasteiger partial charge is 0.355 e. The molecule has 2 N–H and O–H groups in total. The van der Waals surface area contributed by atoms with Crippen LogP contribution in [0, 0.1) is 19.8 Å². The fourth-order valence-corrected chi connectivity index (χ4v) is 4.69. The van der Waals surface area contributed by atoms with Crippen molar-refractivity contribution in [3.05, 3.63) is 22.5 Å². The van der Waals surface area contributed by atoms with E-state index < -0.39 is 0 Å². The number of piperidine rings is 1. The predicted molar refractivity (Wildman–Crippen MR) is 124 cm³/mol. The number of amides is 2. The first kappa shape index (κ1) is 25.2. The summed E-state index contributed by atoms with van der Waals surface area (Å²) < 4.78 is 10.5. The molecule has 2 aliphatic heterocycles. The van der Waals surface area contributed by atoms with E-state index in [1.54, 1.807) is 6.92 Å². The summed E-state index contributed by atoms with van der Waals surface area (Å²) in [6.45, 7) is 11.8. The van der Waals surface area contributed by atoms with Gasteiger partial charge in [0.2, 0.25) is 11.8 Å². The molecule has 0 radical (unpaired) electrons. The first-order chi connectivity index (χ1) is 15.9. The molecule has 3 heterocycles. The summed E-state index contributed by atoms with van der Waals surface area (Å²) in [6.07, 6.45) is 2.56. The molecule has 2 saturated heterocycles. The molecule has 9 nitrogen and oxygen atoms in total. The van der Waals surface area contributed by atoms with E-state index in [1.165, 1.54) is 0 Å². The highest BCUT2D eigenvalue weighted by atomic mass is 16.5. The Labute approximate surface area is 196 Å². The summed E-state index contributed by atoms with van der Waals surface area (Å²) in [6, 6.07) is 0. The first-order valence-electron chi connectivity index (χ1n) is 12.1. The van der Waals surface area contributed by atoms with Crippen molar-refractivity contribution in [3.8, 4) is 0 Å². The van der Waals surface area contributed by atoms with E-state index in [1.807, 2.05) is 18.7 Å². The Bertz CT molecular complexity index is 831. The summed E-state index contributed by atoms with van der Waals surface area (Å²) in [5.41, 5.74) is 3.18. The van der Waals surface area contributed by atoms with Crippen LogP contribution in [0.4, 0.5) is 0 Å². The molecule has 0 aromatic carbocycles. The maximum Gasteiger partial charge on any atom is 0.355 e. The van der Waals surface area contributed by atoms with Gasteiger partial charge < -0.3 is 24.7 Å². The molecule has 184 valence electrons. The normalized spacial score (nSPS) is 19.4. The zero-order valence-corrected chi connectivity index (χ0v) is 20.2. The second kappa shape index (κ2) is 12.2. The Morgan fingerprint density at radius 3 is 2.67 bits per heavy atom. The number of aromatic nitrogens is 1. The van der Waals surface area contributed by atoms with Gasteiger partial charge in [-0.25, -0.2) is 4.79 Å². The molecule has 9 heteroatoms. The quantitative estimate of drug-likeness (QED) is 0.538. The lowest BCUT2D eigenvalue weighted by molar-refractivity contribution is -0.135. The summed E-state index contributed by atoms with van der Waals surface area (Å²) in [7, 11) is 0. The van der Waals surface area contributed by atoms with Crippen LogP contribution >= 0.6 is 0 Å². The highest BCUT2D eigenvalue weighted by Gasteiger charge is 2.28. The van der Waals surface area contributed by atoms with E-state index in [0.29, 0.717) is 44.8 Å². The van der Waals surface area contributed by atoms with Gasteiger partial charge in [0.05, 0.1) is 25.7 Å². The standard InChI is InChI=1S/C24H38N4O5/c1-4-33-24(31)22-17(2)20(18(3)26-22)7-8-21(29)28-10-5-6-19(16-28)23(30)25-9-11-27-12-14-32-15-13-27/h19,26H,4-16H2,1-3H3,(H,25,30)/t19-/m1/s1. The number of H-pyrrole nitrogens is 1. The summed E-state index contributed by atoms with van der Waals surface area (Å²) in [4.78, 5) is 44.9. The minimum absolute atomic E-state index is 0.0390. The molecule has 1 atom stereocenters. The second-order valence-corrected chi connectivity index (χ2v) is 8.87. The molecular weight excluding hydrogens is 424 g/mol. The number of hydrogen-bond donors (Lipinski definition) is 2. The van der Waals surface area contributed by atoms with Crippen LogP contribution in [0.25, 0.3) is 0 Å². The van der Waals surface area contributed by atoms with Gasteiger partial charge in [0.15, 0.2) is 0 Å². The molecule has 2 fully saturated rings. The molecule has 0 saturated carbocycles. The topological polar surface area (TPSA) is 104 Å². The molecule has 0 aliphatic carbocycles. The molecule has 3 rings (SSSR count). The number of esters is 1. The lowest BCUT2D eigenvalue weighted by atomic mass is 9.96. The van der Waals surface area contributed by atoms with Crippen molar-refractivity contribution < 1.29 is 23.9 Å². The molecular formula is C24H38N4O5. The van der Waals surface area contributed by atoms with Crippen LogP contribution in [-0.4, -0.2) is 91.7 Å². The maximum absolute atomic E-state index is 12.9. The molecule has 1 aromatic heterocycles. The number of carbonyl (C=O) groups excluding carboxylic acids is 3. The molecule has 1 aromatic rings. The van der Waals surface area contributed by atoms with E-state index in [9.17, 15) is 14.4 Å². The third-order valence-electron chi connectivity index (χ3n) is 6.64. The van der Waals surface area contributed by atoms with Crippen LogP contribution in [0.5, 0.6) is 0 Å². The summed E-state index contributed by atoms with van der Waals surface area (Å²) in [5, 5.41) is 3.05. The van der Waals surface area contributed by atoms with Crippen LogP contribution in [0.15, 0.2) is 0 Å². The minimum Gasteiger partial charge on any atom is -0.461 e. The van der Waals surface area contributed by atoms with Gasteiger partial charge in [-0.1, -0.05) is 0 Å². The van der Waals surface area contributed by atoms with Crippen LogP contribution in [0.1, 0.15) is 53.5 Å². The highest BCUT2D eigenvalue weighted by Crippen LogP contribution is 2.22. The SMILES string of the molecule is CCOC(=O)c1[nH]c(C)c(CCC(=O)N2CCC[C@@H](C(=O)NCCN3CCOCC3)C2)c1C. The number of hydrogen-bond acceptors (Lipinski definition) is 6.